The van der Waals surface area contributed by atoms with E-state index in [4.69, 9.17) is 11.2 Å². The number of likely N-dealkylation sites (tertiary alicyclic amines) is 1. The molecule has 0 aromatic heterocycles. The number of carbonyl (C=O) groups excluding carboxylic acids is 1. The van der Waals surface area contributed by atoms with Crippen molar-refractivity contribution < 1.29 is 9.53 Å². The zero-order valence-electron chi connectivity index (χ0n) is 10.7. The van der Waals surface area contributed by atoms with Crippen LogP contribution in [0.2, 0.25) is 0 Å². The number of ether oxygens (including phenoxy) is 1. The van der Waals surface area contributed by atoms with Crippen molar-refractivity contribution in [2.45, 2.75) is 19.4 Å². The number of rotatable bonds is 3. The van der Waals surface area contributed by atoms with Gasteiger partial charge in [-0.25, -0.2) is 0 Å². The molecule has 1 aromatic rings. The second-order valence-corrected chi connectivity index (χ2v) is 4.53. The molecule has 1 amide bonds. The summed E-state index contributed by atoms with van der Waals surface area (Å²) >= 11 is 0. The van der Waals surface area contributed by atoms with Crippen LogP contribution < -0.4 is 4.74 Å². The van der Waals surface area contributed by atoms with E-state index >= 15 is 0 Å². The molecule has 1 aromatic carbocycles. The van der Waals surface area contributed by atoms with Gasteiger partial charge in [-0.05, 0) is 13.0 Å². The van der Waals surface area contributed by atoms with Crippen molar-refractivity contribution >= 4 is 5.91 Å². The predicted molar refractivity (Wildman–Crippen MR) is 70.1 cm³/mol. The van der Waals surface area contributed by atoms with Crippen molar-refractivity contribution in [1.29, 1.82) is 0 Å². The molecular formula is C15H17NO2. The number of carbonyl (C=O) groups is 1. The fourth-order valence-corrected chi connectivity index (χ4v) is 2.40. The van der Waals surface area contributed by atoms with E-state index in [9.17, 15) is 4.79 Å². The van der Waals surface area contributed by atoms with E-state index in [0.717, 1.165) is 11.3 Å². The maximum Gasteiger partial charge on any atom is 0.224 e. The Kier molecular flexibility index (Phi) is 3.57. The fraction of sp³-hybridized carbons (Fsp3) is 0.400. The average Bonchev–Trinajstić information content (AvgIpc) is 2.79. The molecule has 0 spiro atoms. The summed E-state index contributed by atoms with van der Waals surface area (Å²) in [6, 6.07) is 7.76. The molecule has 2 unspecified atom stereocenters. The maximum absolute atomic E-state index is 11.9. The van der Waals surface area contributed by atoms with E-state index < -0.39 is 0 Å². The number of hydrogen-bond donors (Lipinski definition) is 0. The summed E-state index contributed by atoms with van der Waals surface area (Å²) in [7, 11) is 1.64. The van der Waals surface area contributed by atoms with Crippen LogP contribution in [-0.4, -0.2) is 24.5 Å². The lowest BCUT2D eigenvalue weighted by atomic mass is 10.1. The van der Waals surface area contributed by atoms with Crippen molar-refractivity contribution in [3.05, 3.63) is 29.8 Å². The SMILES string of the molecule is C#CC1CC(=O)N(C(C)c2ccccc2OC)C1. The summed E-state index contributed by atoms with van der Waals surface area (Å²) in [6.45, 7) is 2.64. The number of terminal acetylenes is 1. The lowest BCUT2D eigenvalue weighted by molar-refractivity contribution is -0.129. The lowest BCUT2D eigenvalue weighted by Crippen LogP contribution is -2.28. The van der Waals surface area contributed by atoms with Gasteiger partial charge in [0.05, 0.1) is 13.2 Å². The molecule has 0 N–H and O–H groups in total. The molecule has 1 aliphatic heterocycles. The molecule has 0 aliphatic carbocycles. The Hall–Kier alpha value is -1.95. The smallest absolute Gasteiger partial charge is 0.224 e. The van der Waals surface area contributed by atoms with Gasteiger partial charge in [-0.1, -0.05) is 18.2 Å². The van der Waals surface area contributed by atoms with Crippen LogP contribution in [0, 0.1) is 18.3 Å². The Balaban J connectivity index is 2.24. The molecule has 2 rings (SSSR count). The Morgan fingerprint density at radius 3 is 2.83 bits per heavy atom. The van der Waals surface area contributed by atoms with Crippen molar-refractivity contribution in [3.63, 3.8) is 0 Å². The Bertz CT molecular complexity index is 490. The molecule has 1 saturated heterocycles. The largest absolute Gasteiger partial charge is 0.496 e. The van der Waals surface area contributed by atoms with Crippen LogP contribution in [0.3, 0.4) is 0 Å². The number of nitrogens with zero attached hydrogens (tertiary/aromatic N) is 1. The minimum atomic E-state index is -0.00741. The molecular weight excluding hydrogens is 226 g/mol. The van der Waals surface area contributed by atoms with E-state index in [-0.39, 0.29) is 17.9 Å². The molecule has 0 bridgehead atoms. The second kappa shape index (κ2) is 5.14. The third kappa shape index (κ3) is 2.19. The molecule has 94 valence electrons. The molecule has 18 heavy (non-hydrogen) atoms. The van der Waals surface area contributed by atoms with E-state index in [1.807, 2.05) is 36.1 Å². The van der Waals surface area contributed by atoms with Gasteiger partial charge < -0.3 is 9.64 Å². The maximum atomic E-state index is 11.9. The van der Waals surface area contributed by atoms with E-state index in [1.165, 1.54) is 0 Å². The van der Waals surface area contributed by atoms with Crippen LogP contribution in [-0.2, 0) is 4.79 Å². The van der Waals surface area contributed by atoms with Crippen molar-refractivity contribution in [2.75, 3.05) is 13.7 Å². The van der Waals surface area contributed by atoms with Gasteiger partial charge in [0, 0.05) is 24.4 Å². The Labute approximate surface area is 108 Å². The molecule has 0 saturated carbocycles. The zero-order valence-corrected chi connectivity index (χ0v) is 10.7. The monoisotopic (exact) mass is 243 g/mol. The highest BCUT2D eigenvalue weighted by atomic mass is 16.5. The van der Waals surface area contributed by atoms with E-state index in [1.54, 1.807) is 7.11 Å². The van der Waals surface area contributed by atoms with Gasteiger partial charge in [-0.3, -0.25) is 4.79 Å². The third-order valence-corrected chi connectivity index (χ3v) is 3.45. The summed E-state index contributed by atoms with van der Waals surface area (Å²) in [4.78, 5) is 13.8. The summed E-state index contributed by atoms with van der Waals surface area (Å²) in [5.74, 6) is 3.63. The predicted octanol–water partition coefficient (Wildman–Crippen LogP) is 2.24. The number of para-hydroxylation sites is 1. The van der Waals surface area contributed by atoms with E-state index in [2.05, 4.69) is 5.92 Å². The summed E-state index contributed by atoms with van der Waals surface area (Å²) in [6.07, 6.45) is 5.85. The molecule has 3 heteroatoms. The summed E-state index contributed by atoms with van der Waals surface area (Å²) in [5, 5.41) is 0. The van der Waals surface area contributed by atoms with Crippen LogP contribution in [0.25, 0.3) is 0 Å². The molecule has 0 radical (unpaired) electrons. The van der Waals surface area contributed by atoms with Gasteiger partial charge in [-0.2, -0.15) is 0 Å². The van der Waals surface area contributed by atoms with Gasteiger partial charge in [0.15, 0.2) is 0 Å². The van der Waals surface area contributed by atoms with Crippen molar-refractivity contribution in [2.24, 2.45) is 5.92 Å². The minimum absolute atomic E-state index is 0.00741. The molecule has 3 nitrogen and oxygen atoms in total. The molecule has 1 fully saturated rings. The van der Waals surface area contributed by atoms with Gasteiger partial charge >= 0.3 is 0 Å². The first kappa shape index (κ1) is 12.5. The van der Waals surface area contributed by atoms with Crippen LogP contribution in [0.15, 0.2) is 24.3 Å². The van der Waals surface area contributed by atoms with Crippen LogP contribution in [0.5, 0.6) is 5.75 Å². The van der Waals surface area contributed by atoms with Crippen molar-refractivity contribution in [3.8, 4) is 18.1 Å². The highest BCUT2D eigenvalue weighted by Gasteiger charge is 2.32. The van der Waals surface area contributed by atoms with Gasteiger partial charge in [0.1, 0.15) is 5.75 Å². The van der Waals surface area contributed by atoms with Crippen LogP contribution >= 0.6 is 0 Å². The molecule has 1 heterocycles. The standard InChI is InChI=1S/C15H17NO2/c1-4-12-9-15(17)16(10-12)11(2)13-7-5-6-8-14(13)18-3/h1,5-8,11-12H,9-10H2,2-3H3. The average molecular weight is 243 g/mol. The quantitative estimate of drug-likeness (QED) is 0.762. The fourth-order valence-electron chi connectivity index (χ4n) is 2.40. The van der Waals surface area contributed by atoms with Gasteiger partial charge in [0.2, 0.25) is 5.91 Å². The third-order valence-electron chi connectivity index (χ3n) is 3.45. The summed E-state index contributed by atoms with van der Waals surface area (Å²) in [5.41, 5.74) is 1.02. The first-order chi connectivity index (χ1) is 8.67. The highest BCUT2D eigenvalue weighted by molar-refractivity contribution is 5.79. The first-order valence-electron chi connectivity index (χ1n) is 6.06. The van der Waals surface area contributed by atoms with Gasteiger partial charge in [0.25, 0.3) is 0 Å². The second-order valence-electron chi connectivity index (χ2n) is 4.53. The number of amides is 1. The molecule has 1 aliphatic rings. The number of hydrogen-bond acceptors (Lipinski definition) is 2. The van der Waals surface area contributed by atoms with Crippen LogP contribution in [0.4, 0.5) is 0 Å². The topological polar surface area (TPSA) is 29.5 Å². The minimum Gasteiger partial charge on any atom is -0.496 e. The number of methoxy groups -OCH3 is 1. The molecule has 2 atom stereocenters. The first-order valence-corrected chi connectivity index (χ1v) is 6.06. The number of benzene rings is 1. The normalized spacial score (nSPS) is 20.6. The Morgan fingerprint density at radius 2 is 2.22 bits per heavy atom. The van der Waals surface area contributed by atoms with E-state index in [0.29, 0.717) is 13.0 Å². The van der Waals surface area contributed by atoms with Crippen LogP contribution in [0.1, 0.15) is 24.9 Å². The summed E-state index contributed by atoms with van der Waals surface area (Å²) < 4.78 is 5.34. The van der Waals surface area contributed by atoms with Crippen molar-refractivity contribution in [1.82, 2.24) is 4.90 Å². The zero-order chi connectivity index (χ0) is 13.1. The Morgan fingerprint density at radius 1 is 1.50 bits per heavy atom. The highest BCUT2D eigenvalue weighted by Crippen LogP contribution is 2.32. The lowest BCUT2D eigenvalue weighted by Gasteiger charge is -2.26. The van der Waals surface area contributed by atoms with Gasteiger partial charge in [-0.15, -0.1) is 12.3 Å².